The summed E-state index contributed by atoms with van der Waals surface area (Å²) in [5, 5.41) is 21.1. The summed E-state index contributed by atoms with van der Waals surface area (Å²) in [6, 6.07) is 4.87. The lowest BCUT2D eigenvalue weighted by molar-refractivity contribution is 0.102. The molecule has 2 rings (SSSR count). The minimum atomic E-state index is -0.667. The fourth-order valence-corrected chi connectivity index (χ4v) is 1.75. The Morgan fingerprint density at radius 2 is 1.89 bits per heavy atom. The van der Waals surface area contributed by atoms with Crippen LogP contribution in [0, 0.1) is 0 Å². The highest BCUT2D eigenvalue weighted by Gasteiger charge is 2.13. The van der Waals surface area contributed by atoms with Crippen molar-refractivity contribution in [1.29, 1.82) is 0 Å². The van der Waals surface area contributed by atoms with Gasteiger partial charge in [-0.25, -0.2) is 9.97 Å². The third-order valence-electron chi connectivity index (χ3n) is 2.13. The number of benzene rings is 1. The zero-order valence-corrected chi connectivity index (χ0v) is 10.8. The normalized spacial score (nSPS) is 10.2. The number of phenols is 2. The van der Waals surface area contributed by atoms with Crippen molar-refractivity contribution in [3.63, 3.8) is 0 Å². The fourth-order valence-electron chi connectivity index (χ4n) is 1.34. The van der Waals surface area contributed by atoms with Crippen molar-refractivity contribution in [2.45, 2.75) is 0 Å². The van der Waals surface area contributed by atoms with E-state index in [2.05, 4.69) is 15.3 Å². The number of carbonyl (C=O) groups excluding carboxylic acids is 1. The van der Waals surface area contributed by atoms with Gasteiger partial charge in [0.1, 0.15) is 22.5 Å². The van der Waals surface area contributed by atoms with E-state index in [1.165, 1.54) is 18.2 Å². The van der Waals surface area contributed by atoms with Gasteiger partial charge in [-0.05, 0) is 29.8 Å². The number of phenolic OH excluding ortho intramolecular Hbond substituents is 2. The Morgan fingerprint density at radius 3 is 2.58 bits per heavy atom. The van der Waals surface area contributed by atoms with Gasteiger partial charge in [-0.3, -0.25) is 4.79 Å². The van der Waals surface area contributed by atoms with Crippen LogP contribution in [0.1, 0.15) is 10.4 Å². The molecule has 0 saturated heterocycles. The summed E-state index contributed by atoms with van der Waals surface area (Å²) < 4.78 is 0. The quantitative estimate of drug-likeness (QED) is 0.450. The Kier molecular flexibility index (Phi) is 3.73. The average Bonchev–Trinajstić information content (AvgIpc) is 2.30. The number of halogens is 2. The van der Waals surface area contributed by atoms with E-state index in [0.29, 0.717) is 0 Å². The molecule has 6 nitrogen and oxygen atoms in total. The van der Waals surface area contributed by atoms with Crippen LogP contribution in [-0.2, 0) is 0 Å². The van der Waals surface area contributed by atoms with Crippen molar-refractivity contribution in [2.24, 2.45) is 0 Å². The van der Waals surface area contributed by atoms with Crippen LogP contribution in [0.25, 0.3) is 0 Å². The summed E-state index contributed by atoms with van der Waals surface area (Å²) >= 11 is 11.2. The number of hydrogen-bond acceptors (Lipinski definition) is 5. The van der Waals surface area contributed by atoms with Gasteiger partial charge in [0.15, 0.2) is 0 Å². The van der Waals surface area contributed by atoms with Gasteiger partial charge < -0.3 is 15.5 Å². The molecule has 19 heavy (non-hydrogen) atoms. The lowest BCUT2D eigenvalue weighted by atomic mass is 10.2. The standard InChI is InChI=1S/C11H7Cl2N3O3/c12-8-4-9(16-11(13)14-8)15-10(19)6-3-5(17)1-2-7(6)18/h1-4,17-18H,(H,14,15,16,19). The smallest absolute Gasteiger partial charge is 0.260 e. The molecule has 0 aliphatic carbocycles. The van der Waals surface area contributed by atoms with Crippen LogP contribution in [0.5, 0.6) is 11.5 Å². The van der Waals surface area contributed by atoms with Gasteiger partial charge in [0, 0.05) is 6.07 Å². The third kappa shape index (κ3) is 3.24. The first-order valence-electron chi connectivity index (χ1n) is 4.99. The molecule has 8 heteroatoms. The number of hydrogen-bond donors (Lipinski definition) is 3. The number of aromatic hydroxyl groups is 2. The number of anilines is 1. The van der Waals surface area contributed by atoms with Crippen molar-refractivity contribution in [3.05, 3.63) is 40.3 Å². The molecule has 0 spiro atoms. The first-order chi connectivity index (χ1) is 8.95. The van der Waals surface area contributed by atoms with E-state index in [0.717, 1.165) is 6.07 Å². The predicted octanol–water partition coefficient (Wildman–Crippen LogP) is 2.45. The van der Waals surface area contributed by atoms with Crippen LogP contribution >= 0.6 is 23.2 Å². The van der Waals surface area contributed by atoms with Gasteiger partial charge in [-0.2, -0.15) is 0 Å². The van der Waals surface area contributed by atoms with E-state index < -0.39 is 5.91 Å². The van der Waals surface area contributed by atoms with Gasteiger partial charge in [0.2, 0.25) is 5.28 Å². The van der Waals surface area contributed by atoms with Crippen molar-refractivity contribution >= 4 is 34.9 Å². The SMILES string of the molecule is O=C(Nc1cc(Cl)nc(Cl)n1)c1cc(O)ccc1O. The second kappa shape index (κ2) is 5.29. The maximum atomic E-state index is 11.9. The predicted molar refractivity (Wildman–Crippen MR) is 69.8 cm³/mol. The minimum Gasteiger partial charge on any atom is -0.508 e. The maximum Gasteiger partial charge on any atom is 0.260 e. The van der Waals surface area contributed by atoms with Crippen molar-refractivity contribution < 1.29 is 15.0 Å². The van der Waals surface area contributed by atoms with E-state index in [9.17, 15) is 15.0 Å². The lowest BCUT2D eigenvalue weighted by Crippen LogP contribution is -2.13. The zero-order valence-electron chi connectivity index (χ0n) is 9.26. The molecule has 3 N–H and O–H groups in total. The van der Waals surface area contributed by atoms with Crippen molar-refractivity contribution in [1.82, 2.24) is 9.97 Å². The minimum absolute atomic E-state index is 0.0652. The Labute approximate surface area is 117 Å². The zero-order chi connectivity index (χ0) is 14.0. The van der Waals surface area contributed by atoms with E-state index in [-0.39, 0.29) is 33.3 Å². The first kappa shape index (κ1) is 13.4. The molecule has 0 aliphatic heterocycles. The van der Waals surface area contributed by atoms with E-state index in [1.807, 2.05) is 0 Å². The highest BCUT2D eigenvalue weighted by atomic mass is 35.5. The molecule has 0 radical (unpaired) electrons. The van der Waals surface area contributed by atoms with Gasteiger partial charge in [0.25, 0.3) is 5.91 Å². The number of nitrogens with zero attached hydrogens (tertiary/aromatic N) is 2. The molecule has 0 saturated carbocycles. The summed E-state index contributed by atoms with van der Waals surface area (Å²) in [6.45, 7) is 0. The lowest BCUT2D eigenvalue weighted by Gasteiger charge is -2.07. The molecule has 2 aromatic rings. The summed E-state index contributed by atoms with van der Waals surface area (Å²) in [7, 11) is 0. The molecule has 1 aromatic heterocycles. The van der Waals surface area contributed by atoms with E-state index in [1.54, 1.807) is 0 Å². The van der Waals surface area contributed by atoms with E-state index >= 15 is 0 Å². The number of aromatic nitrogens is 2. The summed E-state index contributed by atoms with van der Waals surface area (Å²) in [5.41, 5.74) is -0.106. The monoisotopic (exact) mass is 299 g/mol. The van der Waals surface area contributed by atoms with Crippen LogP contribution < -0.4 is 5.32 Å². The molecule has 0 fully saturated rings. The third-order valence-corrected chi connectivity index (χ3v) is 2.50. The molecular weight excluding hydrogens is 293 g/mol. The van der Waals surface area contributed by atoms with Gasteiger partial charge >= 0.3 is 0 Å². The summed E-state index contributed by atoms with van der Waals surface area (Å²) in [4.78, 5) is 19.3. The largest absolute Gasteiger partial charge is 0.508 e. The van der Waals surface area contributed by atoms with Crippen LogP contribution in [0.15, 0.2) is 24.3 Å². The Bertz CT molecular complexity index is 629. The molecular formula is C11H7Cl2N3O3. The van der Waals surface area contributed by atoms with Crippen LogP contribution in [-0.4, -0.2) is 26.1 Å². The molecule has 1 aromatic carbocycles. The molecule has 98 valence electrons. The van der Waals surface area contributed by atoms with Crippen molar-refractivity contribution in [2.75, 3.05) is 5.32 Å². The second-order valence-electron chi connectivity index (χ2n) is 3.50. The summed E-state index contributed by atoms with van der Waals surface area (Å²) in [5.74, 6) is -1.01. The number of carbonyl (C=O) groups is 1. The van der Waals surface area contributed by atoms with Crippen LogP contribution in [0.2, 0.25) is 10.4 Å². The highest BCUT2D eigenvalue weighted by Crippen LogP contribution is 2.23. The number of amides is 1. The fraction of sp³-hybridized carbons (Fsp3) is 0. The number of nitrogens with one attached hydrogen (secondary N) is 1. The molecule has 0 unspecified atom stereocenters. The van der Waals surface area contributed by atoms with Gasteiger partial charge in [-0.1, -0.05) is 11.6 Å². The maximum absolute atomic E-state index is 11.9. The molecule has 1 heterocycles. The van der Waals surface area contributed by atoms with Crippen LogP contribution in [0.4, 0.5) is 5.82 Å². The topological polar surface area (TPSA) is 95.3 Å². The molecule has 1 amide bonds. The highest BCUT2D eigenvalue weighted by molar-refractivity contribution is 6.32. The van der Waals surface area contributed by atoms with E-state index in [4.69, 9.17) is 23.2 Å². The molecule has 0 aliphatic rings. The average molecular weight is 300 g/mol. The Morgan fingerprint density at radius 1 is 1.16 bits per heavy atom. The van der Waals surface area contributed by atoms with Crippen LogP contribution in [0.3, 0.4) is 0 Å². The molecule has 0 atom stereocenters. The van der Waals surface area contributed by atoms with Gasteiger partial charge in [0.05, 0.1) is 5.56 Å². The van der Waals surface area contributed by atoms with Gasteiger partial charge in [-0.15, -0.1) is 0 Å². The Hall–Kier alpha value is -2.05. The molecule has 0 bridgehead atoms. The summed E-state index contributed by atoms with van der Waals surface area (Å²) in [6.07, 6.45) is 0. The Balaban J connectivity index is 2.28. The second-order valence-corrected chi connectivity index (χ2v) is 4.23. The first-order valence-corrected chi connectivity index (χ1v) is 5.75. The van der Waals surface area contributed by atoms with Crippen molar-refractivity contribution in [3.8, 4) is 11.5 Å². The number of rotatable bonds is 2.